The Kier molecular flexibility index (Phi) is 4.53. The first-order valence-corrected chi connectivity index (χ1v) is 6.53. The molecule has 21 heavy (non-hydrogen) atoms. The standard InChI is InChI=1S/C16H16F3NO/c1-11(20-15-4-2-3-12(9-15)10-21)13-5-7-14(8-6-13)16(17,18)19/h2-9,11,20-21H,10H2,1H3. The van der Waals surface area contributed by atoms with Gasteiger partial charge in [-0.05, 0) is 42.3 Å². The van der Waals surface area contributed by atoms with Crippen LogP contribution in [0.5, 0.6) is 0 Å². The SMILES string of the molecule is CC(Nc1cccc(CO)c1)c1ccc(C(F)(F)F)cc1. The van der Waals surface area contributed by atoms with Gasteiger partial charge in [0.05, 0.1) is 12.2 Å². The van der Waals surface area contributed by atoms with Crippen LogP contribution in [-0.2, 0) is 12.8 Å². The van der Waals surface area contributed by atoms with E-state index in [9.17, 15) is 13.2 Å². The highest BCUT2D eigenvalue weighted by Crippen LogP contribution is 2.30. The first-order valence-electron chi connectivity index (χ1n) is 6.53. The molecule has 0 heterocycles. The summed E-state index contributed by atoms with van der Waals surface area (Å²) in [6.07, 6.45) is -4.31. The summed E-state index contributed by atoms with van der Waals surface area (Å²) in [5, 5.41) is 12.3. The van der Waals surface area contributed by atoms with E-state index in [0.717, 1.165) is 28.9 Å². The van der Waals surface area contributed by atoms with E-state index in [0.29, 0.717) is 0 Å². The number of hydrogen-bond acceptors (Lipinski definition) is 2. The zero-order valence-electron chi connectivity index (χ0n) is 11.5. The summed E-state index contributed by atoms with van der Waals surface area (Å²) in [6, 6.07) is 12.2. The fraction of sp³-hybridized carbons (Fsp3) is 0.250. The fourth-order valence-electron chi connectivity index (χ4n) is 2.05. The number of alkyl halides is 3. The summed E-state index contributed by atoms with van der Waals surface area (Å²) in [4.78, 5) is 0. The molecule has 0 fully saturated rings. The summed E-state index contributed by atoms with van der Waals surface area (Å²) >= 11 is 0. The lowest BCUT2D eigenvalue weighted by Crippen LogP contribution is -2.09. The molecule has 5 heteroatoms. The molecular formula is C16H16F3NO. The predicted octanol–water partition coefficient (Wildman–Crippen LogP) is 4.37. The van der Waals surface area contributed by atoms with E-state index >= 15 is 0 Å². The zero-order chi connectivity index (χ0) is 15.5. The Morgan fingerprint density at radius 3 is 2.33 bits per heavy atom. The quantitative estimate of drug-likeness (QED) is 0.877. The first-order chi connectivity index (χ1) is 9.90. The average molecular weight is 295 g/mol. The monoisotopic (exact) mass is 295 g/mol. The summed E-state index contributed by atoms with van der Waals surface area (Å²) < 4.78 is 37.5. The van der Waals surface area contributed by atoms with E-state index < -0.39 is 11.7 Å². The zero-order valence-corrected chi connectivity index (χ0v) is 11.5. The van der Waals surface area contributed by atoms with Crippen molar-refractivity contribution in [1.29, 1.82) is 0 Å². The van der Waals surface area contributed by atoms with Gasteiger partial charge in [0.1, 0.15) is 0 Å². The van der Waals surface area contributed by atoms with Crippen LogP contribution in [0.2, 0.25) is 0 Å². The molecular weight excluding hydrogens is 279 g/mol. The predicted molar refractivity (Wildman–Crippen MR) is 75.8 cm³/mol. The Hall–Kier alpha value is -2.01. The molecule has 0 saturated heterocycles. The Balaban J connectivity index is 2.11. The second-order valence-corrected chi connectivity index (χ2v) is 4.84. The molecule has 0 aliphatic heterocycles. The summed E-state index contributed by atoms with van der Waals surface area (Å²) in [5.74, 6) is 0. The fourth-order valence-corrected chi connectivity index (χ4v) is 2.05. The second kappa shape index (κ2) is 6.18. The van der Waals surface area contributed by atoms with Gasteiger partial charge in [-0.15, -0.1) is 0 Å². The van der Waals surface area contributed by atoms with Gasteiger partial charge in [-0.1, -0.05) is 24.3 Å². The van der Waals surface area contributed by atoms with Gasteiger partial charge in [0.2, 0.25) is 0 Å². The average Bonchev–Trinajstić information content (AvgIpc) is 2.46. The van der Waals surface area contributed by atoms with E-state index in [1.165, 1.54) is 12.1 Å². The lowest BCUT2D eigenvalue weighted by Gasteiger charge is -2.17. The number of nitrogens with one attached hydrogen (secondary N) is 1. The molecule has 2 aromatic rings. The molecule has 2 rings (SSSR count). The Morgan fingerprint density at radius 1 is 1.10 bits per heavy atom. The highest BCUT2D eigenvalue weighted by molar-refractivity contribution is 5.47. The largest absolute Gasteiger partial charge is 0.416 e. The Labute approximate surface area is 121 Å². The van der Waals surface area contributed by atoms with Crippen molar-refractivity contribution >= 4 is 5.69 Å². The van der Waals surface area contributed by atoms with Crippen molar-refractivity contribution in [3.05, 3.63) is 65.2 Å². The van der Waals surface area contributed by atoms with E-state index in [4.69, 9.17) is 5.11 Å². The molecule has 112 valence electrons. The minimum Gasteiger partial charge on any atom is -0.392 e. The highest BCUT2D eigenvalue weighted by atomic mass is 19.4. The summed E-state index contributed by atoms with van der Waals surface area (Å²) in [6.45, 7) is 1.82. The number of halogens is 3. The van der Waals surface area contributed by atoms with Gasteiger partial charge in [0.25, 0.3) is 0 Å². The molecule has 1 atom stereocenters. The first kappa shape index (κ1) is 15.4. The van der Waals surface area contributed by atoms with Gasteiger partial charge in [-0.25, -0.2) is 0 Å². The van der Waals surface area contributed by atoms with E-state index in [2.05, 4.69) is 5.32 Å². The molecule has 0 radical (unpaired) electrons. The van der Waals surface area contributed by atoms with Crippen LogP contribution in [0.4, 0.5) is 18.9 Å². The van der Waals surface area contributed by atoms with Crippen LogP contribution >= 0.6 is 0 Å². The van der Waals surface area contributed by atoms with Crippen molar-refractivity contribution < 1.29 is 18.3 Å². The third kappa shape index (κ3) is 3.98. The molecule has 1 unspecified atom stereocenters. The minimum absolute atomic E-state index is 0.0514. The van der Waals surface area contributed by atoms with Gasteiger partial charge in [-0.3, -0.25) is 0 Å². The van der Waals surface area contributed by atoms with Crippen LogP contribution in [0, 0.1) is 0 Å². The maximum atomic E-state index is 12.5. The van der Waals surface area contributed by atoms with Gasteiger partial charge >= 0.3 is 6.18 Å². The van der Waals surface area contributed by atoms with Crippen LogP contribution in [0.15, 0.2) is 48.5 Å². The smallest absolute Gasteiger partial charge is 0.392 e. The van der Waals surface area contributed by atoms with Crippen LogP contribution in [0.3, 0.4) is 0 Å². The summed E-state index contributed by atoms with van der Waals surface area (Å²) in [7, 11) is 0. The third-order valence-electron chi connectivity index (χ3n) is 3.23. The van der Waals surface area contributed by atoms with Crippen molar-refractivity contribution in [1.82, 2.24) is 0 Å². The number of aliphatic hydroxyl groups is 1. The topological polar surface area (TPSA) is 32.3 Å². The molecule has 2 nitrogen and oxygen atoms in total. The number of hydrogen-bond donors (Lipinski definition) is 2. The van der Waals surface area contributed by atoms with Crippen LogP contribution in [-0.4, -0.2) is 5.11 Å². The van der Waals surface area contributed by atoms with Gasteiger partial charge in [0, 0.05) is 11.7 Å². The van der Waals surface area contributed by atoms with Gasteiger partial charge in [0.15, 0.2) is 0 Å². The van der Waals surface area contributed by atoms with E-state index in [-0.39, 0.29) is 12.6 Å². The van der Waals surface area contributed by atoms with Crippen molar-refractivity contribution in [3.8, 4) is 0 Å². The molecule has 0 aromatic heterocycles. The van der Waals surface area contributed by atoms with Crippen molar-refractivity contribution in [3.63, 3.8) is 0 Å². The molecule has 0 amide bonds. The lowest BCUT2D eigenvalue weighted by molar-refractivity contribution is -0.137. The molecule has 2 N–H and O–H groups in total. The third-order valence-corrected chi connectivity index (χ3v) is 3.23. The van der Waals surface area contributed by atoms with E-state index in [1.54, 1.807) is 12.1 Å². The van der Waals surface area contributed by atoms with Crippen molar-refractivity contribution in [2.24, 2.45) is 0 Å². The van der Waals surface area contributed by atoms with Crippen LogP contribution < -0.4 is 5.32 Å². The van der Waals surface area contributed by atoms with Gasteiger partial charge in [-0.2, -0.15) is 13.2 Å². The number of aliphatic hydroxyl groups excluding tert-OH is 1. The number of anilines is 1. The Bertz CT molecular complexity index is 593. The molecule has 0 saturated carbocycles. The van der Waals surface area contributed by atoms with Crippen molar-refractivity contribution in [2.45, 2.75) is 25.7 Å². The summed E-state index contributed by atoms with van der Waals surface area (Å²) in [5.41, 5.74) is 1.70. The Morgan fingerprint density at radius 2 is 1.76 bits per heavy atom. The van der Waals surface area contributed by atoms with Crippen LogP contribution in [0.1, 0.15) is 29.7 Å². The van der Waals surface area contributed by atoms with Crippen LogP contribution in [0.25, 0.3) is 0 Å². The molecule has 0 aliphatic carbocycles. The maximum absolute atomic E-state index is 12.5. The molecule has 0 aliphatic rings. The minimum atomic E-state index is -4.31. The molecule has 0 bridgehead atoms. The number of benzene rings is 2. The lowest BCUT2D eigenvalue weighted by atomic mass is 10.1. The maximum Gasteiger partial charge on any atom is 0.416 e. The highest BCUT2D eigenvalue weighted by Gasteiger charge is 2.30. The van der Waals surface area contributed by atoms with Gasteiger partial charge < -0.3 is 10.4 Å². The number of rotatable bonds is 4. The second-order valence-electron chi connectivity index (χ2n) is 4.84. The normalized spacial score (nSPS) is 13.0. The molecule has 0 spiro atoms. The van der Waals surface area contributed by atoms with E-state index in [1.807, 2.05) is 19.1 Å². The molecule has 2 aromatic carbocycles. The van der Waals surface area contributed by atoms with Crippen molar-refractivity contribution in [2.75, 3.05) is 5.32 Å².